The molecule has 0 spiro atoms. The van der Waals surface area contributed by atoms with E-state index in [2.05, 4.69) is 17.2 Å². The maximum absolute atomic E-state index is 13.3. The second-order valence-electron chi connectivity index (χ2n) is 7.98. The highest BCUT2D eigenvalue weighted by Crippen LogP contribution is 2.30. The molecule has 0 bridgehead atoms. The molecule has 1 aromatic carbocycles. The van der Waals surface area contributed by atoms with Crippen LogP contribution in [0.1, 0.15) is 39.0 Å². The van der Waals surface area contributed by atoms with Crippen LogP contribution >= 0.6 is 23.1 Å². The van der Waals surface area contributed by atoms with Gasteiger partial charge in [-0.05, 0) is 50.2 Å². The molecule has 33 heavy (non-hydrogen) atoms. The number of carboxylic acids is 1. The molecule has 0 atom stereocenters. The van der Waals surface area contributed by atoms with Crippen LogP contribution in [0.4, 0.5) is 18.7 Å². The molecule has 1 aliphatic rings. The van der Waals surface area contributed by atoms with E-state index in [0.717, 1.165) is 49.6 Å². The molecule has 2 aromatic rings. The van der Waals surface area contributed by atoms with Crippen LogP contribution in [0.15, 0.2) is 28.6 Å². The van der Waals surface area contributed by atoms with E-state index in [9.17, 15) is 18.4 Å². The molecule has 1 fully saturated rings. The van der Waals surface area contributed by atoms with Crippen molar-refractivity contribution in [2.24, 2.45) is 5.92 Å². The summed E-state index contributed by atoms with van der Waals surface area (Å²) in [6, 6.07) is 3.24. The van der Waals surface area contributed by atoms with Gasteiger partial charge in [-0.15, -0.1) is 11.8 Å². The number of nitrogens with zero attached hydrogens (tertiary/aromatic N) is 2. The van der Waals surface area contributed by atoms with Crippen molar-refractivity contribution in [1.29, 1.82) is 0 Å². The lowest BCUT2D eigenvalue weighted by molar-refractivity contribution is -0.133. The Hall–Kier alpha value is -2.40. The van der Waals surface area contributed by atoms with Gasteiger partial charge in [0.1, 0.15) is 5.75 Å². The van der Waals surface area contributed by atoms with Crippen LogP contribution < -0.4 is 10.1 Å². The molecular formula is C22H27F2N3O4S2. The Morgan fingerprint density at radius 2 is 2.03 bits per heavy atom. The lowest BCUT2D eigenvalue weighted by Gasteiger charge is -2.36. The number of benzene rings is 1. The number of anilines is 1. The van der Waals surface area contributed by atoms with E-state index >= 15 is 0 Å². The van der Waals surface area contributed by atoms with E-state index in [1.54, 1.807) is 11.1 Å². The number of urea groups is 1. The Balaban J connectivity index is 1.57. The summed E-state index contributed by atoms with van der Waals surface area (Å²) in [6.45, 7) is 2.91. The average Bonchev–Trinajstić information content (AvgIpc) is 3.23. The van der Waals surface area contributed by atoms with E-state index in [1.807, 2.05) is 0 Å². The topological polar surface area (TPSA) is 91.8 Å². The highest BCUT2D eigenvalue weighted by Gasteiger charge is 2.28. The first kappa shape index (κ1) is 25.2. The summed E-state index contributed by atoms with van der Waals surface area (Å²) in [6.07, 6.45) is 6.00. The summed E-state index contributed by atoms with van der Waals surface area (Å²) in [5.41, 5.74) is 0. The van der Waals surface area contributed by atoms with Gasteiger partial charge in [0.2, 0.25) is 0 Å². The molecule has 3 rings (SSSR count). The van der Waals surface area contributed by atoms with Crippen molar-refractivity contribution in [3.05, 3.63) is 36.0 Å². The molecule has 11 heteroatoms. The smallest absolute Gasteiger partial charge is 0.323 e. The van der Waals surface area contributed by atoms with E-state index in [-0.39, 0.29) is 30.2 Å². The Labute approximate surface area is 199 Å². The van der Waals surface area contributed by atoms with E-state index in [4.69, 9.17) is 9.84 Å². The van der Waals surface area contributed by atoms with Crippen LogP contribution in [0.5, 0.6) is 5.75 Å². The first-order valence-electron chi connectivity index (χ1n) is 10.8. The number of amides is 2. The third-order valence-electron chi connectivity index (χ3n) is 5.43. The number of thioether (sulfide) groups is 1. The second-order valence-corrected chi connectivity index (χ2v) is 10.3. The van der Waals surface area contributed by atoms with Gasteiger partial charge in [-0.1, -0.05) is 18.3 Å². The van der Waals surface area contributed by atoms with Crippen LogP contribution in [-0.4, -0.2) is 51.9 Å². The number of carbonyl (C=O) groups is 2. The maximum Gasteiger partial charge on any atom is 0.323 e. The van der Waals surface area contributed by atoms with Crippen molar-refractivity contribution in [3.8, 4) is 5.75 Å². The molecule has 1 heterocycles. The summed E-state index contributed by atoms with van der Waals surface area (Å²) in [5.74, 6) is -2.00. The van der Waals surface area contributed by atoms with Gasteiger partial charge in [0.05, 0.1) is 22.8 Å². The Bertz CT molecular complexity index is 951. The molecule has 0 saturated heterocycles. The van der Waals surface area contributed by atoms with Crippen molar-refractivity contribution in [3.63, 3.8) is 0 Å². The quantitative estimate of drug-likeness (QED) is 0.332. The number of aliphatic carboxylic acids is 1. The third-order valence-corrected chi connectivity index (χ3v) is 7.52. The summed E-state index contributed by atoms with van der Waals surface area (Å²) < 4.78 is 32.6. The lowest BCUT2D eigenvalue weighted by Crippen LogP contribution is -2.45. The molecule has 180 valence electrons. The number of carboxylic acid groups (broad SMARTS) is 1. The fourth-order valence-electron chi connectivity index (χ4n) is 3.68. The van der Waals surface area contributed by atoms with Gasteiger partial charge in [0.15, 0.2) is 16.8 Å². The number of aromatic nitrogens is 1. The molecule has 7 nitrogen and oxygen atoms in total. The zero-order valence-corrected chi connectivity index (χ0v) is 19.9. The summed E-state index contributed by atoms with van der Waals surface area (Å²) in [7, 11) is 0. The summed E-state index contributed by atoms with van der Waals surface area (Å²) >= 11 is 2.39. The minimum absolute atomic E-state index is 0.0695. The lowest BCUT2D eigenvalue weighted by atomic mass is 9.86. The van der Waals surface area contributed by atoms with Gasteiger partial charge >= 0.3 is 12.0 Å². The van der Waals surface area contributed by atoms with Crippen molar-refractivity contribution >= 4 is 40.2 Å². The molecule has 1 saturated carbocycles. The Morgan fingerprint density at radius 1 is 1.27 bits per heavy atom. The Morgan fingerprint density at radius 3 is 2.73 bits per heavy atom. The number of hydrogen-bond acceptors (Lipinski definition) is 6. The van der Waals surface area contributed by atoms with Gasteiger partial charge < -0.3 is 14.7 Å². The van der Waals surface area contributed by atoms with Gasteiger partial charge in [0.25, 0.3) is 0 Å². The molecule has 1 aromatic heterocycles. The zero-order chi connectivity index (χ0) is 23.8. The predicted molar refractivity (Wildman–Crippen MR) is 124 cm³/mol. The minimum Gasteiger partial charge on any atom is -0.493 e. The zero-order valence-electron chi connectivity index (χ0n) is 18.3. The van der Waals surface area contributed by atoms with E-state index in [1.165, 1.54) is 17.4 Å². The van der Waals surface area contributed by atoms with Crippen molar-refractivity contribution in [1.82, 2.24) is 9.88 Å². The number of thiazole rings is 1. The van der Waals surface area contributed by atoms with Gasteiger partial charge in [-0.2, -0.15) is 0 Å². The normalized spacial score (nSPS) is 18.0. The molecule has 2 amide bonds. The highest BCUT2D eigenvalue weighted by atomic mass is 32.2. The molecule has 1 aliphatic carbocycles. The first-order chi connectivity index (χ1) is 15.8. The average molecular weight is 500 g/mol. The first-order valence-corrected chi connectivity index (χ1v) is 12.6. The van der Waals surface area contributed by atoms with Crippen LogP contribution in [0.3, 0.4) is 0 Å². The van der Waals surface area contributed by atoms with Crippen LogP contribution in [0, 0.1) is 17.6 Å². The number of carbonyl (C=O) groups excluding carboxylic acids is 1. The number of nitrogens with one attached hydrogen (secondary N) is 1. The number of ether oxygens (including phenoxy) is 1. The molecule has 0 unspecified atom stereocenters. The largest absolute Gasteiger partial charge is 0.493 e. The number of hydrogen-bond donors (Lipinski definition) is 2. The van der Waals surface area contributed by atoms with Gasteiger partial charge in [0, 0.05) is 18.7 Å². The fourth-order valence-corrected chi connectivity index (χ4v) is 5.26. The van der Waals surface area contributed by atoms with Crippen LogP contribution in [-0.2, 0) is 4.79 Å². The monoisotopic (exact) mass is 499 g/mol. The fraction of sp³-hybridized carbons (Fsp3) is 0.500. The number of rotatable bonds is 10. The van der Waals surface area contributed by atoms with Gasteiger partial charge in [-0.25, -0.2) is 18.6 Å². The van der Waals surface area contributed by atoms with Crippen molar-refractivity contribution in [2.45, 2.75) is 49.3 Å². The molecular weight excluding hydrogens is 472 g/mol. The van der Waals surface area contributed by atoms with Crippen LogP contribution in [0.2, 0.25) is 0 Å². The van der Waals surface area contributed by atoms with Gasteiger partial charge in [-0.3, -0.25) is 10.1 Å². The predicted octanol–water partition coefficient (Wildman–Crippen LogP) is 5.48. The minimum atomic E-state index is -0.964. The highest BCUT2D eigenvalue weighted by molar-refractivity contribution is 8.01. The Kier molecular flexibility index (Phi) is 9.30. The second kappa shape index (κ2) is 12.2. The van der Waals surface area contributed by atoms with Crippen LogP contribution in [0.25, 0.3) is 0 Å². The third kappa shape index (κ3) is 7.85. The van der Waals surface area contributed by atoms with E-state index < -0.39 is 17.6 Å². The van der Waals surface area contributed by atoms with Crippen molar-refractivity contribution < 1.29 is 28.2 Å². The molecule has 0 aliphatic heterocycles. The van der Waals surface area contributed by atoms with E-state index in [0.29, 0.717) is 28.2 Å². The van der Waals surface area contributed by atoms with Crippen molar-refractivity contribution in [2.75, 3.05) is 24.2 Å². The standard InChI is InChI=1S/C22H27F2N3O4S2/c1-14-3-5-15(6-4-14)27(9-2-10-31-16-7-8-17(23)18(24)11-16)22(30)26-21-25-12-20(33-21)32-13-19(28)29/h7-8,11-12,14-15H,2-6,9-10,13H2,1H3,(H,28,29)(H,25,26,30)/t14-,15-. The molecule has 0 radical (unpaired) electrons. The maximum atomic E-state index is 13.3. The summed E-state index contributed by atoms with van der Waals surface area (Å²) in [5, 5.41) is 12.1. The molecule has 2 N–H and O–H groups in total. The number of halogens is 2. The SMILES string of the molecule is C[C@H]1CC[C@H](N(CCCOc2ccc(F)c(F)c2)C(=O)Nc2ncc(SCC(=O)O)s2)CC1. The summed E-state index contributed by atoms with van der Waals surface area (Å²) in [4.78, 5) is 29.8.